The molecule has 29 aromatic carbocycles. The smallest absolute Gasteiger partial charge is 0.135 e. The highest BCUT2D eigenvalue weighted by Gasteiger charge is 2.74. The van der Waals surface area contributed by atoms with Gasteiger partial charge >= 0.3 is 0 Å². The highest BCUT2D eigenvalue weighted by atomic mass is 16.5. The summed E-state index contributed by atoms with van der Waals surface area (Å²) in [6.45, 7) is 2.25. The quantitative estimate of drug-likeness (QED) is 0.150. The topological polar surface area (TPSA) is 9.23 Å². The lowest BCUT2D eigenvalue weighted by Crippen LogP contribution is -2.48. The first-order chi connectivity index (χ1) is 34.8. The molecule has 70 heavy (non-hydrogen) atoms. The van der Waals surface area contributed by atoms with Gasteiger partial charge < -0.3 is 4.74 Å². The van der Waals surface area contributed by atoms with Crippen LogP contribution < -0.4 is 0 Å². The summed E-state index contributed by atoms with van der Waals surface area (Å²) in [6.07, 6.45) is 0.964. The second-order valence-corrected chi connectivity index (χ2v) is 26.1. The van der Waals surface area contributed by atoms with Crippen LogP contribution in [0.1, 0.15) is 45.9 Å². The van der Waals surface area contributed by atoms with Crippen LogP contribution in [0.25, 0.3) is 291 Å². The minimum absolute atomic E-state index is 0.0274. The molecule has 1 unspecified atom stereocenters. The predicted octanol–water partition coefficient (Wildman–Crippen LogP) is 18.7. The molecule has 0 radical (unpaired) electrons. The van der Waals surface area contributed by atoms with Crippen LogP contribution in [0.5, 0.6) is 0 Å². The van der Waals surface area contributed by atoms with Gasteiger partial charge in [0.15, 0.2) is 0 Å². The van der Waals surface area contributed by atoms with Crippen molar-refractivity contribution in [2.75, 3.05) is 0 Å². The minimum Gasteiger partial charge on any atom is -0.356 e. The third kappa shape index (κ3) is 1.36. The number of aryl methyl sites for hydroxylation is 1. The molecule has 1 nitrogen and oxygen atoms in total. The Bertz CT molecular complexity index is 6790. The molecular weight excluding hydrogens is 845 g/mol. The van der Waals surface area contributed by atoms with Crippen molar-refractivity contribution in [3.05, 3.63) is 57.6 Å². The molecule has 0 saturated carbocycles. The van der Waals surface area contributed by atoms with E-state index in [0.29, 0.717) is 0 Å². The van der Waals surface area contributed by atoms with Crippen molar-refractivity contribution in [3.63, 3.8) is 0 Å². The summed E-state index contributed by atoms with van der Waals surface area (Å²) >= 11 is 0. The fraction of sp³-hybridized carbons (Fsp3) is 0.0725. The highest BCUT2D eigenvalue weighted by molar-refractivity contribution is 6.82. The van der Waals surface area contributed by atoms with E-state index in [2.05, 4.69) is 31.2 Å². The molecule has 1 saturated heterocycles. The summed E-state index contributed by atoms with van der Waals surface area (Å²) in [6, 6.07) is 9.62. The van der Waals surface area contributed by atoms with Gasteiger partial charge in [-0.3, -0.25) is 0 Å². The summed E-state index contributed by atoms with van der Waals surface area (Å²) in [4.78, 5) is 0. The van der Waals surface area contributed by atoms with E-state index in [-0.39, 0.29) is 11.5 Å². The maximum atomic E-state index is 8.77. The Morgan fingerprint density at radius 3 is 0.657 bits per heavy atom. The van der Waals surface area contributed by atoms with Crippen molar-refractivity contribution >= 4 is 291 Å². The third-order valence-corrected chi connectivity index (χ3v) is 25.7. The van der Waals surface area contributed by atoms with Gasteiger partial charge in [-0.15, -0.1) is 0 Å². The Morgan fingerprint density at radius 2 is 0.443 bits per heavy atom. The van der Waals surface area contributed by atoms with Gasteiger partial charge in [-0.1, -0.05) is 29.8 Å². The maximum Gasteiger partial charge on any atom is 0.135 e. The van der Waals surface area contributed by atoms with Crippen LogP contribution in [-0.4, -0.2) is 0 Å². The van der Waals surface area contributed by atoms with Gasteiger partial charge in [0, 0.05) is 11.1 Å². The molecule has 1 heterocycles. The van der Waals surface area contributed by atoms with Crippen LogP contribution in [0.15, 0.2) is 24.3 Å². The first kappa shape index (κ1) is 25.8. The summed E-state index contributed by atoms with van der Waals surface area (Å²) in [5.41, 5.74) is 8.33. The van der Waals surface area contributed by atoms with Crippen molar-refractivity contribution in [1.82, 2.24) is 0 Å². The fourth-order valence-corrected chi connectivity index (χ4v) is 25.4. The monoisotopic (exact) mass is 854 g/mol. The number of rotatable bonds is 1. The highest BCUT2D eigenvalue weighted by Crippen LogP contribution is 2.86. The molecule has 29 aromatic rings. The van der Waals surface area contributed by atoms with E-state index in [0.717, 1.165) is 6.42 Å². The average molecular weight is 855 g/mol. The largest absolute Gasteiger partial charge is 0.356 e. The van der Waals surface area contributed by atoms with E-state index in [1.165, 1.54) is 11.1 Å². The van der Waals surface area contributed by atoms with E-state index in [9.17, 15) is 0 Å². The van der Waals surface area contributed by atoms with Gasteiger partial charge in [-0.2, -0.15) is 0 Å². The molecule has 0 N–H and O–H groups in total. The Labute approximate surface area is 381 Å². The molecule has 4 aliphatic carbocycles. The molecule has 1 aliphatic heterocycles. The van der Waals surface area contributed by atoms with Crippen LogP contribution in [-0.2, 0) is 15.8 Å². The molecule has 5 aliphatic rings. The zero-order chi connectivity index (χ0) is 41.5. The fourth-order valence-electron chi connectivity index (χ4n) is 25.4. The first-order valence-electron chi connectivity index (χ1n) is 26.3. The summed E-state index contributed by atoms with van der Waals surface area (Å²) < 4.78 is 8.77. The number of benzene rings is 19. The van der Waals surface area contributed by atoms with Crippen molar-refractivity contribution in [1.29, 1.82) is 0 Å². The zero-order valence-electron chi connectivity index (χ0n) is 36.0. The van der Waals surface area contributed by atoms with E-state index in [1.54, 1.807) is 313 Å². The second-order valence-electron chi connectivity index (χ2n) is 26.1. The van der Waals surface area contributed by atoms with E-state index < -0.39 is 5.60 Å². The van der Waals surface area contributed by atoms with Crippen LogP contribution >= 0.6 is 0 Å². The lowest BCUT2D eigenvalue weighted by molar-refractivity contribution is -0.0308. The number of hydrogen-bond donors (Lipinski definition) is 0. The Kier molecular flexibility index (Phi) is 2.15. The van der Waals surface area contributed by atoms with Gasteiger partial charge in [-0.05, 0) is 321 Å². The van der Waals surface area contributed by atoms with Crippen molar-refractivity contribution in [3.8, 4) is 0 Å². The van der Waals surface area contributed by atoms with Crippen LogP contribution in [0.2, 0.25) is 0 Å². The van der Waals surface area contributed by atoms with Crippen molar-refractivity contribution < 1.29 is 4.74 Å². The molecule has 1 heteroatoms. The van der Waals surface area contributed by atoms with Gasteiger partial charge in [0.1, 0.15) is 5.60 Å². The van der Waals surface area contributed by atoms with Gasteiger partial charge in [-0.25, -0.2) is 0 Å². The Morgan fingerprint density at radius 1 is 0.257 bits per heavy atom. The van der Waals surface area contributed by atoms with Crippen LogP contribution in [0, 0.1) is 6.92 Å². The van der Waals surface area contributed by atoms with Crippen LogP contribution in [0.3, 0.4) is 0 Å². The molecule has 1 atom stereocenters. The Balaban J connectivity index is 1.16. The molecule has 0 amide bonds. The van der Waals surface area contributed by atoms with Gasteiger partial charge in [0.05, 0.1) is 11.5 Å². The number of ether oxygens (including phenoxy) is 1. The predicted molar refractivity (Wildman–Crippen MR) is 293 cm³/mol. The summed E-state index contributed by atoms with van der Waals surface area (Å²) in [5.74, 6) is 0. The lowest BCUT2D eigenvalue weighted by Gasteiger charge is -2.48. The van der Waals surface area contributed by atoms with Crippen molar-refractivity contribution in [2.45, 2.75) is 30.5 Å². The van der Waals surface area contributed by atoms with E-state index in [1.807, 2.05) is 0 Å². The van der Waals surface area contributed by atoms with E-state index in [4.69, 9.17) is 4.74 Å². The standard InChI is InChI=1S/C69H10O/c1-7-2-4-8(5-3-7)9-6-68-64-56-48-38-28-20-12-10-11-14-18-16(12)24-32-26(18)36-30-22(14)23-15(11)19-17-13(10)21(20)29-35-25(17)33-27(19)37-31(23)41-40(30)52-46(36)54-44(32)50(42(48)34(24)28)58(64)60(54)66-62(52)63-53(41)47(37)55-45(33)51-43(35)49(39(29)38)57(56)65(68)59(51)61(55)67(63)69(66,68)70-9/h2-5,9H,6H2,1H3. The van der Waals surface area contributed by atoms with Crippen molar-refractivity contribution in [2.24, 2.45) is 0 Å². The molecule has 2 spiro atoms. The lowest BCUT2D eigenvalue weighted by atomic mass is 9.54. The average Bonchev–Trinajstić information content (AvgIpc) is 4.30. The molecule has 0 bridgehead atoms. The summed E-state index contributed by atoms with van der Waals surface area (Å²) in [5, 5.41) is 88.9. The SMILES string of the molecule is Cc1ccc(C2CC34c5c6c7c8c9c%10c(c%11c%12c3c3c5c5c%13c6c6c7c7c9c9c%14c%10c%10c%11c%11c%12c%12c3c3c5c5c%13c%13c6c6c7c9c7c9c%14c%10c%10c%11c%11c%12c3c3c5c5c%13c6c7c6c9c%10c%11c3c56)C84O2)cc1. The molecule has 1 fully saturated rings. The molecule has 0 aromatic heterocycles. The third-order valence-electron chi connectivity index (χ3n) is 25.7. The van der Waals surface area contributed by atoms with Gasteiger partial charge in [0.25, 0.3) is 0 Å². The maximum absolute atomic E-state index is 8.77. The van der Waals surface area contributed by atoms with Gasteiger partial charge in [0.2, 0.25) is 0 Å². The Hall–Kier alpha value is -8.36. The summed E-state index contributed by atoms with van der Waals surface area (Å²) in [7, 11) is 0. The normalized spacial score (nSPS) is 23.6. The minimum atomic E-state index is -0.631. The second kappa shape index (κ2) is 5.81. The number of hydrogen-bond acceptors (Lipinski definition) is 1. The molecular formula is C69H10O. The molecule has 34 rings (SSSR count). The first-order valence-corrected chi connectivity index (χ1v) is 26.3. The van der Waals surface area contributed by atoms with Crippen LogP contribution in [0.4, 0.5) is 0 Å². The molecule has 292 valence electrons. The zero-order valence-corrected chi connectivity index (χ0v) is 36.0. The van der Waals surface area contributed by atoms with E-state index >= 15 is 0 Å².